The molecule has 17 heavy (non-hydrogen) atoms. The fourth-order valence-corrected chi connectivity index (χ4v) is 3.51. The summed E-state index contributed by atoms with van der Waals surface area (Å²) in [5, 5.41) is 0. The van der Waals surface area contributed by atoms with Gasteiger partial charge >= 0.3 is 0 Å². The second-order valence-corrected chi connectivity index (χ2v) is 5.79. The largest absolute Gasteiger partial charge is 0.459 e. The lowest BCUT2D eigenvalue weighted by atomic mass is 9.73. The van der Waals surface area contributed by atoms with Crippen LogP contribution in [0.5, 0.6) is 0 Å². The molecule has 0 N–H and O–H groups in total. The van der Waals surface area contributed by atoms with Gasteiger partial charge in [-0.1, -0.05) is 24.5 Å². The Labute approximate surface area is 104 Å². The number of hydrogen-bond donors (Lipinski definition) is 0. The van der Waals surface area contributed by atoms with Crippen molar-refractivity contribution in [3.63, 3.8) is 0 Å². The Bertz CT molecular complexity index is 316. The summed E-state index contributed by atoms with van der Waals surface area (Å²) in [5.41, 5.74) is 2.33. The van der Waals surface area contributed by atoms with E-state index >= 15 is 0 Å². The van der Waals surface area contributed by atoms with Crippen molar-refractivity contribution in [2.45, 2.75) is 64.1 Å². The zero-order valence-electron chi connectivity index (χ0n) is 10.5. The quantitative estimate of drug-likeness (QED) is 0.678. The molecule has 0 atom stereocenters. The molecule has 1 spiro atoms. The van der Waals surface area contributed by atoms with Crippen LogP contribution in [-0.4, -0.2) is 6.29 Å². The Hall–Kier alpha value is -0.920. The summed E-state index contributed by atoms with van der Waals surface area (Å²) < 4.78 is 10.6. The molecule has 0 saturated heterocycles. The van der Waals surface area contributed by atoms with E-state index in [0.717, 1.165) is 12.8 Å². The minimum Gasteiger partial charge on any atom is -0.459 e. The van der Waals surface area contributed by atoms with E-state index in [1.165, 1.54) is 44.9 Å². The summed E-state index contributed by atoms with van der Waals surface area (Å²) in [5.74, 6) is 0. The molecule has 0 radical (unpaired) electrons. The minimum absolute atomic E-state index is 0.0294. The van der Waals surface area contributed by atoms with E-state index in [1.54, 1.807) is 18.1 Å². The fraction of sp³-hybridized carbons (Fsp3) is 0.733. The van der Waals surface area contributed by atoms with Crippen LogP contribution in [0.2, 0.25) is 0 Å². The van der Waals surface area contributed by atoms with Crippen molar-refractivity contribution < 1.29 is 9.47 Å². The van der Waals surface area contributed by atoms with Crippen LogP contribution in [0, 0.1) is 5.41 Å². The molecular weight excluding hydrogens is 212 g/mol. The molecule has 0 aromatic carbocycles. The van der Waals surface area contributed by atoms with E-state index in [4.69, 9.17) is 9.47 Å². The summed E-state index contributed by atoms with van der Waals surface area (Å²) in [6.07, 6.45) is 17.8. The Morgan fingerprint density at radius 3 is 2.53 bits per heavy atom. The maximum Gasteiger partial charge on any atom is 0.240 e. The van der Waals surface area contributed by atoms with E-state index in [-0.39, 0.29) is 6.29 Å². The van der Waals surface area contributed by atoms with Gasteiger partial charge in [-0.15, -0.1) is 0 Å². The molecule has 2 heteroatoms. The van der Waals surface area contributed by atoms with Crippen molar-refractivity contribution in [1.29, 1.82) is 0 Å². The van der Waals surface area contributed by atoms with Crippen LogP contribution in [0.15, 0.2) is 24.2 Å². The van der Waals surface area contributed by atoms with E-state index in [2.05, 4.69) is 6.08 Å². The van der Waals surface area contributed by atoms with Crippen molar-refractivity contribution >= 4 is 0 Å². The topological polar surface area (TPSA) is 18.5 Å². The molecule has 0 amide bonds. The van der Waals surface area contributed by atoms with Crippen LogP contribution in [0.4, 0.5) is 0 Å². The lowest BCUT2D eigenvalue weighted by Gasteiger charge is -2.32. The number of rotatable bonds is 3. The van der Waals surface area contributed by atoms with Gasteiger partial charge in [-0.25, -0.2) is 0 Å². The third kappa shape index (κ3) is 2.51. The van der Waals surface area contributed by atoms with Crippen LogP contribution in [0.25, 0.3) is 0 Å². The summed E-state index contributed by atoms with van der Waals surface area (Å²) in [7, 11) is 0. The SMILES string of the molecule is C1=COC(CCC2=CCC3(CCCC3)CC2)O1. The van der Waals surface area contributed by atoms with Crippen molar-refractivity contribution in [1.82, 2.24) is 0 Å². The molecule has 3 rings (SSSR count). The predicted molar refractivity (Wildman–Crippen MR) is 67.2 cm³/mol. The molecule has 0 unspecified atom stereocenters. The van der Waals surface area contributed by atoms with E-state index in [0.29, 0.717) is 5.41 Å². The number of allylic oxidation sites excluding steroid dienone is 2. The van der Waals surface area contributed by atoms with Crippen molar-refractivity contribution in [3.8, 4) is 0 Å². The maximum absolute atomic E-state index is 5.31. The van der Waals surface area contributed by atoms with Crippen LogP contribution in [0.1, 0.15) is 57.8 Å². The van der Waals surface area contributed by atoms with Gasteiger partial charge in [0.25, 0.3) is 0 Å². The molecule has 0 bridgehead atoms. The maximum atomic E-state index is 5.31. The molecule has 1 heterocycles. The highest BCUT2D eigenvalue weighted by molar-refractivity contribution is 5.10. The van der Waals surface area contributed by atoms with Gasteiger partial charge in [-0.3, -0.25) is 0 Å². The first-order valence-electron chi connectivity index (χ1n) is 7.00. The van der Waals surface area contributed by atoms with Gasteiger partial charge in [-0.05, 0) is 43.9 Å². The first-order valence-corrected chi connectivity index (χ1v) is 7.00. The normalized spacial score (nSPS) is 26.9. The zero-order valence-corrected chi connectivity index (χ0v) is 10.5. The Morgan fingerprint density at radius 1 is 1.12 bits per heavy atom. The molecule has 2 aliphatic carbocycles. The standard InChI is InChI=1S/C15H22O2/c1-2-8-15(7-1)9-5-13(6-10-15)3-4-14-16-11-12-17-14/h5,11-12,14H,1-4,6-10H2. The highest BCUT2D eigenvalue weighted by atomic mass is 16.7. The first kappa shape index (κ1) is 11.2. The predicted octanol–water partition coefficient (Wildman–Crippen LogP) is 4.28. The smallest absolute Gasteiger partial charge is 0.240 e. The van der Waals surface area contributed by atoms with E-state index < -0.39 is 0 Å². The summed E-state index contributed by atoms with van der Waals surface area (Å²) in [6, 6.07) is 0. The van der Waals surface area contributed by atoms with E-state index in [9.17, 15) is 0 Å². The molecule has 0 aromatic rings. The lowest BCUT2D eigenvalue weighted by Crippen LogP contribution is -2.19. The molecule has 3 aliphatic rings. The third-order valence-electron chi connectivity index (χ3n) is 4.68. The summed E-state index contributed by atoms with van der Waals surface area (Å²) >= 11 is 0. The fourth-order valence-electron chi connectivity index (χ4n) is 3.51. The second-order valence-electron chi connectivity index (χ2n) is 5.79. The van der Waals surface area contributed by atoms with Crippen LogP contribution in [0.3, 0.4) is 0 Å². The van der Waals surface area contributed by atoms with Crippen molar-refractivity contribution in [3.05, 3.63) is 24.2 Å². The van der Waals surface area contributed by atoms with Gasteiger partial charge < -0.3 is 9.47 Å². The van der Waals surface area contributed by atoms with Gasteiger partial charge in [-0.2, -0.15) is 0 Å². The highest BCUT2D eigenvalue weighted by Crippen LogP contribution is 2.48. The van der Waals surface area contributed by atoms with Crippen LogP contribution < -0.4 is 0 Å². The average Bonchev–Trinajstić information content (AvgIpc) is 3.01. The molecular formula is C15H22O2. The van der Waals surface area contributed by atoms with Gasteiger partial charge in [0.05, 0.1) is 0 Å². The molecule has 2 nitrogen and oxygen atoms in total. The third-order valence-corrected chi connectivity index (χ3v) is 4.68. The zero-order chi connectivity index (χ0) is 11.6. The minimum atomic E-state index is -0.0294. The average molecular weight is 234 g/mol. The molecule has 1 saturated carbocycles. The number of hydrogen-bond acceptors (Lipinski definition) is 2. The van der Waals surface area contributed by atoms with Gasteiger partial charge in [0.15, 0.2) is 0 Å². The molecule has 94 valence electrons. The van der Waals surface area contributed by atoms with Gasteiger partial charge in [0.2, 0.25) is 6.29 Å². The second kappa shape index (κ2) is 4.75. The Morgan fingerprint density at radius 2 is 1.88 bits per heavy atom. The molecule has 1 fully saturated rings. The van der Waals surface area contributed by atoms with Crippen molar-refractivity contribution in [2.75, 3.05) is 0 Å². The summed E-state index contributed by atoms with van der Waals surface area (Å²) in [4.78, 5) is 0. The number of ether oxygens (including phenoxy) is 2. The monoisotopic (exact) mass is 234 g/mol. The highest BCUT2D eigenvalue weighted by Gasteiger charge is 2.34. The van der Waals surface area contributed by atoms with Crippen molar-refractivity contribution in [2.24, 2.45) is 5.41 Å². The summed E-state index contributed by atoms with van der Waals surface area (Å²) in [6.45, 7) is 0. The Balaban J connectivity index is 1.47. The Kier molecular flexibility index (Phi) is 3.13. The lowest BCUT2D eigenvalue weighted by molar-refractivity contribution is -0.0277. The van der Waals surface area contributed by atoms with Crippen LogP contribution in [-0.2, 0) is 9.47 Å². The first-order chi connectivity index (χ1) is 8.36. The molecule has 0 aromatic heterocycles. The molecule has 1 aliphatic heterocycles. The van der Waals surface area contributed by atoms with Crippen LogP contribution >= 0.6 is 0 Å². The van der Waals surface area contributed by atoms with Gasteiger partial charge in [0, 0.05) is 6.42 Å². The van der Waals surface area contributed by atoms with Gasteiger partial charge in [0.1, 0.15) is 12.5 Å². The van der Waals surface area contributed by atoms with E-state index in [1.807, 2.05) is 0 Å².